The predicted molar refractivity (Wildman–Crippen MR) is 74.2 cm³/mol. The van der Waals surface area contributed by atoms with E-state index >= 15 is 0 Å². The van der Waals surface area contributed by atoms with Gasteiger partial charge in [-0.25, -0.2) is 9.50 Å². The van der Waals surface area contributed by atoms with Crippen molar-refractivity contribution in [2.45, 2.75) is 13.8 Å². The summed E-state index contributed by atoms with van der Waals surface area (Å²) in [5, 5.41) is 4.13. The molecule has 6 heteroatoms. The van der Waals surface area contributed by atoms with Crippen molar-refractivity contribution in [3.05, 3.63) is 47.5 Å². The van der Waals surface area contributed by atoms with Crippen LogP contribution in [0.3, 0.4) is 0 Å². The number of hydrogen-bond donors (Lipinski definition) is 1. The smallest absolute Gasteiger partial charge is 0.254 e. The number of nitrogens with two attached hydrogens (primary N) is 1. The number of nitrogens with zero attached hydrogens (tertiary/aromatic N) is 4. The standard InChI is InChI=1S/C14H13N5O/c1-8-3-4-10(6-16-8)12-5-9(2)19-14(18-12)11(7-17-19)13(15)20/h3-7H,1-2H3,(H2,15,20). The molecule has 6 nitrogen and oxygen atoms in total. The van der Waals surface area contributed by atoms with Gasteiger partial charge in [-0.1, -0.05) is 0 Å². The number of hydrogen-bond acceptors (Lipinski definition) is 4. The molecule has 0 saturated carbocycles. The van der Waals surface area contributed by atoms with Gasteiger partial charge in [0.25, 0.3) is 5.91 Å². The van der Waals surface area contributed by atoms with Crippen LogP contribution >= 0.6 is 0 Å². The SMILES string of the molecule is Cc1ccc(-c2cc(C)n3ncc(C(N)=O)c3n2)cn1. The highest BCUT2D eigenvalue weighted by molar-refractivity contribution is 5.98. The molecule has 3 heterocycles. The topological polar surface area (TPSA) is 86.2 Å². The van der Waals surface area contributed by atoms with Crippen molar-refractivity contribution in [2.75, 3.05) is 0 Å². The number of aromatic nitrogens is 4. The minimum Gasteiger partial charge on any atom is -0.365 e. The number of amides is 1. The van der Waals surface area contributed by atoms with Gasteiger partial charge in [0.15, 0.2) is 5.65 Å². The van der Waals surface area contributed by atoms with Crippen LogP contribution < -0.4 is 5.73 Å². The Labute approximate surface area is 115 Å². The van der Waals surface area contributed by atoms with Gasteiger partial charge in [0, 0.05) is 23.1 Å². The van der Waals surface area contributed by atoms with Crippen LogP contribution in [0.4, 0.5) is 0 Å². The zero-order valence-corrected chi connectivity index (χ0v) is 11.2. The molecule has 3 rings (SSSR count). The molecule has 0 unspecified atom stereocenters. The largest absolute Gasteiger partial charge is 0.365 e. The number of primary amides is 1. The molecule has 0 fully saturated rings. The van der Waals surface area contributed by atoms with E-state index in [2.05, 4.69) is 15.1 Å². The molecular formula is C14H13N5O. The number of carbonyl (C=O) groups excluding carboxylic acids is 1. The van der Waals surface area contributed by atoms with Crippen molar-refractivity contribution in [1.29, 1.82) is 0 Å². The Morgan fingerprint density at radius 1 is 1.25 bits per heavy atom. The van der Waals surface area contributed by atoms with Gasteiger partial charge in [0.2, 0.25) is 0 Å². The summed E-state index contributed by atoms with van der Waals surface area (Å²) in [7, 11) is 0. The number of pyridine rings is 1. The number of rotatable bonds is 2. The van der Waals surface area contributed by atoms with Crippen LogP contribution in [0.2, 0.25) is 0 Å². The van der Waals surface area contributed by atoms with Gasteiger partial charge < -0.3 is 5.73 Å². The third-order valence-corrected chi connectivity index (χ3v) is 3.12. The molecule has 20 heavy (non-hydrogen) atoms. The second-order valence-corrected chi connectivity index (χ2v) is 4.63. The molecule has 0 bridgehead atoms. The minimum atomic E-state index is -0.536. The summed E-state index contributed by atoms with van der Waals surface area (Å²) >= 11 is 0. The van der Waals surface area contributed by atoms with Crippen molar-refractivity contribution in [3.8, 4) is 11.3 Å². The molecule has 3 aromatic heterocycles. The Morgan fingerprint density at radius 3 is 2.70 bits per heavy atom. The fraction of sp³-hybridized carbons (Fsp3) is 0.143. The summed E-state index contributed by atoms with van der Waals surface area (Å²) in [6, 6.07) is 5.76. The molecular weight excluding hydrogens is 254 g/mol. The van der Waals surface area contributed by atoms with Gasteiger partial charge in [-0.15, -0.1) is 0 Å². The summed E-state index contributed by atoms with van der Waals surface area (Å²) in [6.07, 6.45) is 3.20. The summed E-state index contributed by atoms with van der Waals surface area (Å²) in [5.74, 6) is -0.536. The maximum absolute atomic E-state index is 11.4. The van der Waals surface area contributed by atoms with E-state index in [0.29, 0.717) is 11.2 Å². The summed E-state index contributed by atoms with van der Waals surface area (Å²) in [6.45, 7) is 3.82. The van der Waals surface area contributed by atoms with Gasteiger partial charge in [-0.2, -0.15) is 5.10 Å². The van der Waals surface area contributed by atoms with Crippen LogP contribution in [-0.4, -0.2) is 25.5 Å². The van der Waals surface area contributed by atoms with Crippen LogP contribution in [0.25, 0.3) is 16.9 Å². The average Bonchev–Trinajstić information content (AvgIpc) is 2.84. The number of carbonyl (C=O) groups is 1. The molecule has 0 atom stereocenters. The van der Waals surface area contributed by atoms with E-state index in [0.717, 1.165) is 22.6 Å². The minimum absolute atomic E-state index is 0.315. The van der Waals surface area contributed by atoms with Crippen molar-refractivity contribution < 1.29 is 4.79 Å². The van der Waals surface area contributed by atoms with Crippen molar-refractivity contribution in [3.63, 3.8) is 0 Å². The first-order chi connectivity index (χ1) is 9.56. The molecule has 0 spiro atoms. The second-order valence-electron chi connectivity index (χ2n) is 4.63. The highest BCUT2D eigenvalue weighted by atomic mass is 16.1. The van der Waals surface area contributed by atoms with Gasteiger partial charge in [0.05, 0.1) is 11.9 Å². The Morgan fingerprint density at radius 2 is 2.05 bits per heavy atom. The van der Waals surface area contributed by atoms with Crippen molar-refractivity contribution >= 4 is 11.6 Å². The third kappa shape index (κ3) is 1.91. The fourth-order valence-electron chi connectivity index (χ4n) is 2.05. The van der Waals surface area contributed by atoms with E-state index in [1.807, 2.05) is 32.0 Å². The first-order valence-corrected chi connectivity index (χ1v) is 6.14. The van der Waals surface area contributed by atoms with Crippen molar-refractivity contribution in [2.24, 2.45) is 5.73 Å². The highest BCUT2D eigenvalue weighted by Crippen LogP contribution is 2.20. The predicted octanol–water partition coefficient (Wildman–Crippen LogP) is 1.51. The van der Waals surface area contributed by atoms with Crippen LogP contribution in [0.1, 0.15) is 21.7 Å². The molecule has 0 saturated heterocycles. The molecule has 1 amide bonds. The van der Waals surface area contributed by atoms with Gasteiger partial charge >= 0.3 is 0 Å². The lowest BCUT2D eigenvalue weighted by atomic mass is 10.1. The lowest BCUT2D eigenvalue weighted by molar-refractivity contribution is 0.100. The molecule has 0 radical (unpaired) electrons. The highest BCUT2D eigenvalue weighted by Gasteiger charge is 2.14. The Balaban J connectivity index is 2.24. The van der Waals surface area contributed by atoms with E-state index in [1.54, 1.807) is 10.7 Å². The van der Waals surface area contributed by atoms with E-state index < -0.39 is 5.91 Å². The molecule has 100 valence electrons. The maximum atomic E-state index is 11.4. The number of fused-ring (bicyclic) bond motifs is 1. The van der Waals surface area contributed by atoms with Gasteiger partial charge in [-0.05, 0) is 32.0 Å². The van der Waals surface area contributed by atoms with E-state index in [4.69, 9.17) is 5.73 Å². The van der Waals surface area contributed by atoms with Gasteiger partial charge in [0.1, 0.15) is 5.56 Å². The Hall–Kier alpha value is -2.76. The third-order valence-electron chi connectivity index (χ3n) is 3.12. The van der Waals surface area contributed by atoms with Crippen LogP contribution in [0.5, 0.6) is 0 Å². The van der Waals surface area contributed by atoms with E-state index in [1.165, 1.54) is 6.20 Å². The molecule has 0 aliphatic rings. The average molecular weight is 267 g/mol. The monoisotopic (exact) mass is 267 g/mol. The van der Waals surface area contributed by atoms with Crippen LogP contribution in [0.15, 0.2) is 30.6 Å². The lowest BCUT2D eigenvalue weighted by Crippen LogP contribution is -2.11. The normalized spacial score (nSPS) is 10.9. The van der Waals surface area contributed by atoms with Crippen LogP contribution in [0, 0.1) is 13.8 Å². The van der Waals surface area contributed by atoms with Crippen LogP contribution in [-0.2, 0) is 0 Å². The number of aryl methyl sites for hydroxylation is 2. The quantitative estimate of drug-likeness (QED) is 0.762. The first kappa shape index (κ1) is 12.3. The molecule has 0 aromatic carbocycles. The van der Waals surface area contributed by atoms with Gasteiger partial charge in [-0.3, -0.25) is 9.78 Å². The lowest BCUT2D eigenvalue weighted by Gasteiger charge is -2.05. The summed E-state index contributed by atoms with van der Waals surface area (Å²) < 4.78 is 1.60. The van der Waals surface area contributed by atoms with E-state index in [9.17, 15) is 4.79 Å². The molecule has 0 aliphatic carbocycles. The Kier molecular flexibility index (Phi) is 2.71. The summed E-state index contributed by atoms with van der Waals surface area (Å²) in [4.78, 5) is 20.1. The zero-order valence-electron chi connectivity index (χ0n) is 11.2. The molecule has 2 N–H and O–H groups in total. The zero-order chi connectivity index (χ0) is 14.3. The Bertz CT molecular complexity index is 804. The summed E-state index contributed by atoms with van der Waals surface area (Å²) in [5.41, 5.74) is 9.56. The molecule has 3 aromatic rings. The fourth-order valence-corrected chi connectivity index (χ4v) is 2.05. The maximum Gasteiger partial charge on any atom is 0.254 e. The second kappa shape index (κ2) is 4.41. The van der Waals surface area contributed by atoms with E-state index in [-0.39, 0.29) is 0 Å². The molecule has 0 aliphatic heterocycles. The first-order valence-electron chi connectivity index (χ1n) is 6.14. The van der Waals surface area contributed by atoms with Crippen molar-refractivity contribution in [1.82, 2.24) is 19.6 Å².